The highest BCUT2D eigenvalue weighted by atomic mass is 35.5. The van der Waals surface area contributed by atoms with Crippen LogP contribution in [0.25, 0.3) is 0 Å². The van der Waals surface area contributed by atoms with Gasteiger partial charge in [0.15, 0.2) is 0 Å². The van der Waals surface area contributed by atoms with Crippen molar-refractivity contribution in [3.05, 3.63) is 35.4 Å². The summed E-state index contributed by atoms with van der Waals surface area (Å²) in [6, 6.07) is 0. The van der Waals surface area contributed by atoms with E-state index >= 15 is 0 Å². The van der Waals surface area contributed by atoms with E-state index in [1.54, 1.807) is 18.2 Å². The van der Waals surface area contributed by atoms with Gasteiger partial charge in [0.25, 0.3) is 0 Å². The summed E-state index contributed by atoms with van der Waals surface area (Å²) in [4.78, 5) is 11.0. The zero-order chi connectivity index (χ0) is 11.3. The van der Waals surface area contributed by atoms with Crippen LogP contribution in [0.3, 0.4) is 0 Å². The summed E-state index contributed by atoms with van der Waals surface area (Å²) in [5.41, 5.74) is 0.795. The van der Waals surface area contributed by atoms with E-state index in [0.29, 0.717) is 11.6 Å². The molecule has 82 valence electrons. The van der Waals surface area contributed by atoms with Gasteiger partial charge in [0.05, 0.1) is 0 Å². The standard InChI is InChI=1S/C11H14ClNO2/c1-3-5-8(9(12)4-2)10-6-7-13-11(14)15-10/h3-5,10H,1,6-7H2,2H3,(H,13,14)/b8-5+,9-4+. The molecule has 1 aliphatic rings. The highest BCUT2D eigenvalue weighted by Gasteiger charge is 2.24. The molecule has 0 saturated carbocycles. The van der Waals surface area contributed by atoms with Gasteiger partial charge in [0, 0.05) is 23.6 Å². The average molecular weight is 228 g/mol. The minimum absolute atomic E-state index is 0.277. The van der Waals surface area contributed by atoms with E-state index in [4.69, 9.17) is 16.3 Å². The van der Waals surface area contributed by atoms with Crippen molar-refractivity contribution in [3.63, 3.8) is 0 Å². The third-order valence-electron chi connectivity index (χ3n) is 2.10. The van der Waals surface area contributed by atoms with E-state index in [1.807, 2.05) is 6.92 Å². The van der Waals surface area contributed by atoms with Crippen LogP contribution in [0.1, 0.15) is 13.3 Å². The van der Waals surface area contributed by atoms with E-state index in [2.05, 4.69) is 11.9 Å². The number of rotatable bonds is 3. The van der Waals surface area contributed by atoms with Crippen LogP contribution in [0.15, 0.2) is 35.4 Å². The molecule has 1 N–H and O–H groups in total. The van der Waals surface area contributed by atoms with Crippen molar-refractivity contribution in [1.29, 1.82) is 0 Å². The van der Waals surface area contributed by atoms with Gasteiger partial charge >= 0.3 is 6.09 Å². The second-order valence-electron chi connectivity index (χ2n) is 3.10. The molecule has 1 fully saturated rings. The third-order valence-corrected chi connectivity index (χ3v) is 2.54. The van der Waals surface area contributed by atoms with Crippen LogP contribution in [-0.4, -0.2) is 18.7 Å². The number of ether oxygens (including phenoxy) is 1. The maximum Gasteiger partial charge on any atom is 0.407 e. The first-order chi connectivity index (χ1) is 7.19. The van der Waals surface area contributed by atoms with Crippen LogP contribution < -0.4 is 5.32 Å². The summed E-state index contributed by atoms with van der Waals surface area (Å²) in [5, 5.41) is 3.18. The van der Waals surface area contributed by atoms with Crippen LogP contribution in [0.5, 0.6) is 0 Å². The van der Waals surface area contributed by atoms with Crippen molar-refractivity contribution < 1.29 is 9.53 Å². The first-order valence-electron chi connectivity index (χ1n) is 4.78. The molecule has 0 bridgehead atoms. The Hall–Kier alpha value is -1.22. The Kier molecular flexibility index (Phi) is 4.43. The van der Waals surface area contributed by atoms with Crippen LogP contribution in [-0.2, 0) is 4.74 Å². The fraction of sp³-hybridized carbons (Fsp3) is 0.364. The summed E-state index contributed by atoms with van der Waals surface area (Å²) >= 11 is 6.02. The maximum atomic E-state index is 11.0. The van der Waals surface area contributed by atoms with Crippen molar-refractivity contribution >= 4 is 17.7 Å². The fourth-order valence-electron chi connectivity index (χ4n) is 1.39. The van der Waals surface area contributed by atoms with E-state index in [9.17, 15) is 4.79 Å². The lowest BCUT2D eigenvalue weighted by molar-refractivity contribution is 0.0935. The van der Waals surface area contributed by atoms with Gasteiger partial charge < -0.3 is 10.1 Å². The Balaban J connectivity index is 2.84. The highest BCUT2D eigenvalue weighted by Crippen LogP contribution is 2.24. The molecule has 1 atom stereocenters. The van der Waals surface area contributed by atoms with E-state index < -0.39 is 6.09 Å². The molecule has 0 radical (unpaired) electrons. The highest BCUT2D eigenvalue weighted by molar-refractivity contribution is 6.32. The summed E-state index contributed by atoms with van der Waals surface area (Å²) in [7, 11) is 0. The quantitative estimate of drug-likeness (QED) is 0.753. The normalized spacial score (nSPS) is 23.1. The number of alkyl carbamates (subject to hydrolysis) is 1. The lowest BCUT2D eigenvalue weighted by Crippen LogP contribution is -2.38. The molecule has 3 nitrogen and oxygen atoms in total. The number of hydrogen-bond donors (Lipinski definition) is 1. The van der Waals surface area contributed by atoms with Crippen LogP contribution in [0, 0.1) is 0 Å². The number of cyclic esters (lactones) is 1. The number of hydrogen-bond acceptors (Lipinski definition) is 2. The van der Waals surface area contributed by atoms with Gasteiger partial charge in [-0.05, 0) is 6.92 Å². The number of nitrogens with one attached hydrogen (secondary N) is 1. The molecule has 1 unspecified atom stereocenters. The van der Waals surface area contributed by atoms with Gasteiger partial charge in [-0.1, -0.05) is 36.4 Å². The molecular formula is C11H14ClNO2. The largest absolute Gasteiger partial charge is 0.441 e. The van der Waals surface area contributed by atoms with Gasteiger partial charge in [-0.25, -0.2) is 4.79 Å². The number of allylic oxidation sites excluding steroid dienone is 3. The summed E-state index contributed by atoms with van der Waals surface area (Å²) < 4.78 is 5.13. The number of halogens is 1. The molecule has 1 saturated heterocycles. The minimum Gasteiger partial charge on any atom is -0.441 e. The Bertz CT molecular complexity index is 321. The lowest BCUT2D eigenvalue weighted by atomic mass is 10.0. The van der Waals surface area contributed by atoms with Gasteiger partial charge in [0.1, 0.15) is 6.10 Å². The molecule has 1 aliphatic heterocycles. The van der Waals surface area contributed by atoms with Crippen LogP contribution >= 0.6 is 11.6 Å². The zero-order valence-corrected chi connectivity index (χ0v) is 9.38. The Morgan fingerprint density at radius 2 is 2.47 bits per heavy atom. The smallest absolute Gasteiger partial charge is 0.407 e. The maximum absolute atomic E-state index is 11.0. The van der Waals surface area contributed by atoms with Crippen molar-refractivity contribution in [1.82, 2.24) is 5.32 Å². The van der Waals surface area contributed by atoms with Gasteiger partial charge in [-0.15, -0.1) is 0 Å². The first kappa shape index (κ1) is 11.9. The molecule has 0 aromatic carbocycles. The van der Waals surface area contributed by atoms with Crippen LogP contribution in [0.4, 0.5) is 4.79 Å². The van der Waals surface area contributed by atoms with E-state index in [0.717, 1.165) is 12.0 Å². The molecule has 0 aromatic heterocycles. The summed E-state index contributed by atoms with van der Waals surface area (Å²) in [6.07, 6.45) is 5.22. The van der Waals surface area contributed by atoms with Crippen molar-refractivity contribution in [3.8, 4) is 0 Å². The van der Waals surface area contributed by atoms with Crippen molar-refractivity contribution in [2.24, 2.45) is 0 Å². The molecule has 1 amide bonds. The predicted octanol–water partition coefficient (Wildman–Crippen LogP) is 2.74. The second kappa shape index (κ2) is 5.61. The SMILES string of the molecule is C=C/C=C(\C(Cl)=C/C)C1CCNC(=O)O1. The van der Waals surface area contributed by atoms with Crippen LogP contribution in [0.2, 0.25) is 0 Å². The van der Waals surface area contributed by atoms with Crippen molar-refractivity contribution in [2.75, 3.05) is 6.54 Å². The lowest BCUT2D eigenvalue weighted by Gasteiger charge is -2.25. The van der Waals surface area contributed by atoms with Gasteiger partial charge in [-0.2, -0.15) is 0 Å². The van der Waals surface area contributed by atoms with Gasteiger partial charge in [-0.3, -0.25) is 0 Å². The van der Waals surface area contributed by atoms with Gasteiger partial charge in [0.2, 0.25) is 0 Å². The fourth-order valence-corrected chi connectivity index (χ4v) is 1.57. The Morgan fingerprint density at radius 1 is 1.73 bits per heavy atom. The molecule has 4 heteroatoms. The molecule has 15 heavy (non-hydrogen) atoms. The molecule has 0 spiro atoms. The number of amides is 1. The molecular weight excluding hydrogens is 214 g/mol. The monoisotopic (exact) mass is 227 g/mol. The third kappa shape index (κ3) is 3.13. The summed E-state index contributed by atoms with van der Waals surface area (Å²) in [6.45, 7) is 6.05. The number of carbonyl (C=O) groups is 1. The number of carbonyl (C=O) groups excluding carboxylic acids is 1. The average Bonchev–Trinajstić information content (AvgIpc) is 2.25. The molecule has 1 rings (SSSR count). The predicted molar refractivity (Wildman–Crippen MR) is 60.8 cm³/mol. The topological polar surface area (TPSA) is 38.3 Å². The van der Waals surface area contributed by atoms with E-state index in [1.165, 1.54) is 0 Å². The zero-order valence-electron chi connectivity index (χ0n) is 8.63. The minimum atomic E-state index is -0.401. The Labute approximate surface area is 94.4 Å². The first-order valence-corrected chi connectivity index (χ1v) is 5.16. The van der Waals surface area contributed by atoms with Crippen molar-refractivity contribution in [2.45, 2.75) is 19.4 Å². The van der Waals surface area contributed by atoms with E-state index in [-0.39, 0.29) is 6.10 Å². The summed E-state index contributed by atoms with van der Waals surface area (Å²) in [5.74, 6) is 0. The molecule has 0 aromatic rings. The Morgan fingerprint density at radius 3 is 3.00 bits per heavy atom. The second-order valence-corrected chi connectivity index (χ2v) is 3.51. The molecule has 1 heterocycles. The molecule has 0 aliphatic carbocycles.